The Balaban J connectivity index is 2.02. The van der Waals surface area contributed by atoms with E-state index in [1.54, 1.807) is 0 Å². The van der Waals surface area contributed by atoms with Crippen molar-refractivity contribution in [2.24, 2.45) is 0 Å². The molecule has 6 heteroatoms. The normalized spacial score (nSPS) is 17.4. The number of rotatable bonds is 3. The van der Waals surface area contributed by atoms with Gasteiger partial charge in [-0.25, -0.2) is 4.39 Å². The Morgan fingerprint density at radius 1 is 1.59 bits per heavy atom. The summed E-state index contributed by atoms with van der Waals surface area (Å²) in [5.41, 5.74) is -1.04. The van der Waals surface area contributed by atoms with Crippen LogP contribution in [0.3, 0.4) is 0 Å². The molecule has 2 rings (SSSR count). The third-order valence-corrected chi connectivity index (χ3v) is 2.97. The quantitative estimate of drug-likeness (QED) is 0.742. The van der Waals surface area contributed by atoms with E-state index in [0.29, 0.717) is 13.1 Å². The molecule has 1 aliphatic rings. The van der Waals surface area contributed by atoms with Crippen molar-refractivity contribution in [3.05, 3.63) is 34.6 Å². The first-order chi connectivity index (χ1) is 8.02. The van der Waals surface area contributed by atoms with Crippen LogP contribution in [-0.4, -0.2) is 36.2 Å². The molecule has 1 aliphatic heterocycles. The van der Waals surface area contributed by atoms with E-state index in [1.807, 2.05) is 0 Å². The van der Waals surface area contributed by atoms with E-state index in [-0.39, 0.29) is 17.1 Å². The topological polar surface area (TPSA) is 61.4 Å². The molecule has 1 amide bonds. The van der Waals surface area contributed by atoms with Gasteiger partial charge in [-0.05, 0) is 12.1 Å². The van der Waals surface area contributed by atoms with E-state index >= 15 is 0 Å². The Hall–Kier alpha value is -1.17. The number of benzene rings is 1. The van der Waals surface area contributed by atoms with Crippen LogP contribution in [0.2, 0.25) is 5.02 Å². The number of hydrogen-bond acceptors (Lipinski definition) is 3. The minimum atomic E-state index is -0.926. The molecule has 0 atom stereocenters. The summed E-state index contributed by atoms with van der Waals surface area (Å²) in [6, 6.07) is 4.22. The maximum absolute atomic E-state index is 13.5. The number of β-amino-alcohol motifs (C(OH)–C–C–N with tert-alkyl or cyclic N) is 1. The molecule has 0 radical (unpaired) electrons. The molecule has 0 bridgehead atoms. The fourth-order valence-electron chi connectivity index (χ4n) is 1.56. The highest BCUT2D eigenvalue weighted by molar-refractivity contribution is 6.31. The molecule has 1 aromatic carbocycles. The Labute approximate surface area is 103 Å². The van der Waals surface area contributed by atoms with E-state index in [2.05, 4.69) is 10.6 Å². The molecule has 92 valence electrons. The molecule has 1 heterocycles. The predicted octanol–water partition coefficient (Wildman–Crippen LogP) is 0.543. The molecule has 0 unspecified atom stereocenters. The summed E-state index contributed by atoms with van der Waals surface area (Å²) in [5.74, 6) is -1.32. The van der Waals surface area contributed by atoms with Gasteiger partial charge in [0.2, 0.25) is 0 Å². The number of halogens is 2. The second kappa shape index (κ2) is 4.60. The summed E-state index contributed by atoms with van der Waals surface area (Å²) < 4.78 is 13.5. The lowest BCUT2D eigenvalue weighted by Crippen LogP contribution is -2.64. The van der Waals surface area contributed by atoms with Crippen molar-refractivity contribution in [1.29, 1.82) is 0 Å². The van der Waals surface area contributed by atoms with Crippen molar-refractivity contribution in [2.45, 2.75) is 5.60 Å². The maximum atomic E-state index is 13.5. The van der Waals surface area contributed by atoms with Crippen molar-refractivity contribution >= 4 is 17.5 Å². The van der Waals surface area contributed by atoms with Gasteiger partial charge < -0.3 is 15.7 Å². The lowest BCUT2D eigenvalue weighted by molar-refractivity contribution is -0.00763. The van der Waals surface area contributed by atoms with Crippen molar-refractivity contribution in [3.63, 3.8) is 0 Å². The molecule has 4 nitrogen and oxygen atoms in total. The Morgan fingerprint density at radius 3 is 2.88 bits per heavy atom. The summed E-state index contributed by atoms with van der Waals surface area (Å²) in [5, 5.41) is 15.0. The minimum absolute atomic E-state index is 0.0881. The number of carbonyl (C=O) groups excluding carboxylic acids is 1. The average Bonchev–Trinajstić information content (AvgIpc) is 2.27. The smallest absolute Gasteiger partial charge is 0.254 e. The van der Waals surface area contributed by atoms with Crippen LogP contribution in [0.25, 0.3) is 0 Å². The summed E-state index contributed by atoms with van der Waals surface area (Å²) in [4.78, 5) is 11.7. The fourth-order valence-corrected chi connectivity index (χ4v) is 1.73. The molecule has 0 aliphatic carbocycles. The number of nitrogens with one attached hydrogen (secondary N) is 2. The van der Waals surface area contributed by atoms with Crippen LogP contribution in [0.5, 0.6) is 0 Å². The lowest BCUT2D eigenvalue weighted by Gasteiger charge is -2.37. The highest BCUT2D eigenvalue weighted by Crippen LogP contribution is 2.18. The number of amides is 1. The molecule has 1 saturated heterocycles. The Morgan fingerprint density at radius 2 is 2.29 bits per heavy atom. The first-order valence-corrected chi connectivity index (χ1v) is 5.55. The average molecular weight is 259 g/mol. The highest BCUT2D eigenvalue weighted by atomic mass is 35.5. The van der Waals surface area contributed by atoms with E-state index in [9.17, 15) is 14.3 Å². The van der Waals surface area contributed by atoms with Gasteiger partial charge in [0.25, 0.3) is 5.91 Å². The molecule has 17 heavy (non-hydrogen) atoms. The lowest BCUT2D eigenvalue weighted by atomic mass is 9.97. The van der Waals surface area contributed by atoms with Gasteiger partial charge in [0, 0.05) is 19.6 Å². The highest BCUT2D eigenvalue weighted by Gasteiger charge is 2.34. The summed E-state index contributed by atoms with van der Waals surface area (Å²) in [7, 11) is 0. The maximum Gasteiger partial charge on any atom is 0.254 e. The van der Waals surface area contributed by atoms with E-state index in [0.717, 1.165) is 0 Å². The summed E-state index contributed by atoms with van der Waals surface area (Å²) in [6.45, 7) is 0.932. The fraction of sp³-hybridized carbons (Fsp3) is 0.364. The molecular weight excluding hydrogens is 247 g/mol. The number of aliphatic hydroxyl groups is 1. The molecule has 1 aromatic rings. The van der Waals surface area contributed by atoms with Crippen LogP contribution in [-0.2, 0) is 0 Å². The molecular formula is C11H12ClFN2O2. The molecule has 0 spiro atoms. The first kappa shape index (κ1) is 12.3. The van der Waals surface area contributed by atoms with Gasteiger partial charge in [0.05, 0.1) is 10.6 Å². The molecule has 0 aromatic heterocycles. The van der Waals surface area contributed by atoms with E-state index < -0.39 is 17.3 Å². The molecule has 1 fully saturated rings. The SMILES string of the molecule is O=C(NCC1(O)CNC1)c1cccc(Cl)c1F. The van der Waals surface area contributed by atoms with Crippen molar-refractivity contribution in [2.75, 3.05) is 19.6 Å². The van der Waals surface area contributed by atoms with Gasteiger partial charge in [0.1, 0.15) is 5.60 Å². The molecule has 0 saturated carbocycles. The van der Waals surface area contributed by atoms with Crippen LogP contribution in [0.15, 0.2) is 18.2 Å². The minimum Gasteiger partial charge on any atom is -0.385 e. The Bertz CT molecular complexity index is 449. The van der Waals surface area contributed by atoms with Gasteiger partial charge in [-0.1, -0.05) is 17.7 Å². The number of hydrogen-bond donors (Lipinski definition) is 3. The third-order valence-electron chi connectivity index (χ3n) is 2.68. The number of carbonyl (C=O) groups is 1. The standard InChI is InChI=1S/C11H12ClFN2O2/c12-8-3-1-2-7(9(8)13)10(16)15-6-11(17)4-14-5-11/h1-3,14,17H,4-6H2,(H,15,16). The van der Waals surface area contributed by atoms with Crippen molar-refractivity contribution in [3.8, 4) is 0 Å². The van der Waals surface area contributed by atoms with Gasteiger partial charge in [-0.3, -0.25) is 4.79 Å². The zero-order chi connectivity index (χ0) is 12.5. The van der Waals surface area contributed by atoms with Gasteiger partial charge in [0.15, 0.2) is 5.82 Å². The van der Waals surface area contributed by atoms with Crippen molar-refractivity contribution < 1.29 is 14.3 Å². The van der Waals surface area contributed by atoms with E-state index in [4.69, 9.17) is 11.6 Å². The van der Waals surface area contributed by atoms with Gasteiger partial charge >= 0.3 is 0 Å². The monoisotopic (exact) mass is 258 g/mol. The second-order valence-electron chi connectivity index (χ2n) is 4.11. The first-order valence-electron chi connectivity index (χ1n) is 5.17. The van der Waals surface area contributed by atoms with Gasteiger partial charge in [-0.15, -0.1) is 0 Å². The predicted molar refractivity (Wildman–Crippen MR) is 61.6 cm³/mol. The molecule has 3 N–H and O–H groups in total. The van der Waals surface area contributed by atoms with Crippen LogP contribution < -0.4 is 10.6 Å². The second-order valence-corrected chi connectivity index (χ2v) is 4.52. The third kappa shape index (κ3) is 2.57. The van der Waals surface area contributed by atoms with Crippen LogP contribution in [0.4, 0.5) is 4.39 Å². The largest absolute Gasteiger partial charge is 0.385 e. The Kier molecular flexibility index (Phi) is 3.33. The van der Waals surface area contributed by atoms with Crippen molar-refractivity contribution in [1.82, 2.24) is 10.6 Å². The van der Waals surface area contributed by atoms with E-state index in [1.165, 1.54) is 18.2 Å². The van der Waals surface area contributed by atoms with Crippen LogP contribution in [0, 0.1) is 5.82 Å². The van der Waals surface area contributed by atoms with Crippen LogP contribution >= 0.6 is 11.6 Å². The zero-order valence-electron chi connectivity index (χ0n) is 8.96. The van der Waals surface area contributed by atoms with Crippen LogP contribution in [0.1, 0.15) is 10.4 Å². The summed E-state index contributed by atoms with van der Waals surface area (Å²) in [6.07, 6.45) is 0. The van der Waals surface area contributed by atoms with Gasteiger partial charge in [-0.2, -0.15) is 0 Å². The summed E-state index contributed by atoms with van der Waals surface area (Å²) >= 11 is 5.57. The zero-order valence-corrected chi connectivity index (χ0v) is 9.72.